The maximum atomic E-state index is 12.6. The van der Waals surface area contributed by atoms with Gasteiger partial charge in [-0.2, -0.15) is 4.89 Å². The summed E-state index contributed by atoms with van der Waals surface area (Å²) in [4.78, 5) is 38.3. The Morgan fingerprint density at radius 3 is 2.06 bits per heavy atom. The lowest BCUT2D eigenvalue weighted by Gasteiger charge is -2.55. The molecular weight excluding hydrogens is 408 g/mol. The van der Waals surface area contributed by atoms with Gasteiger partial charge in [-0.15, -0.1) is 0 Å². The Morgan fingerprint density at radius 2 is 1.53 bits per heavy atom. The normalized spacial score (nSPS) is 19.0. The number of likely N-dealkylation sites (tertiary alicyclic amines) is 1. The van der Waals surface area contributed by atoms with Crippen molar-refractivity contribution in [2.24, 2.45) is 0 Å². The first kappa shape index (κ1) is 26.3. The van der Waals surface area contributed by atoms with Crippen molar-refractivity contribution in [1.82, 2.24) is 9.80 Å². The summed E-state index contributed by atoms with van der Waals surface area (Å²) in [6.07, 6.45) is 1.32. The van der Waals surface area contributed by atoms with Gasteiger partial charge in [0.2, 0.25) is 0 Å². The summed E-state index contributed by atoms with van der Waals surface area (Å²) >= 11 is 0. The Hall–Kier alpha value is -1.96. The monoisotopic (exact) mass is 448 g/mol. The lowest BCUT2D eigenvalue weighted by molar-refractivity contribution is -0.320. The molecule has 2 rings (SSSR count). The topological polar surface area (TPSA) is 68.3 Å². The molecule has 0 saturated carbocycles. The van der Waals surface area contributed by atoms with Crippen LogP contribution >= 0.6 is 0 Å². The van der Waals surface area contributed by atoms with Gasteiger partial charge in [0.25, 0.3) is 0 Å². The van der Waals surface area contributed by atoms with Gasteiger partial charge in [0.05, 0.1) is 6.54 Å². The Kier molecular flexibility index (Phi) is 8.48. The van der Waals surface area contributed by atoms with Gasteiger partial charge in [0, 0.05) is 30.5 Å². The van der Waals surface area contributed by atoms with E-state index in [1.807, 2.05) is 6.07 Å². The number of carbonyl (C=O) groups is 2. The number of piperidine rings is 1. The number of rotatable bonds is 8. The molecule has 1 aromatic rings. The average molecular weight is 449 g/mol. The summed E-state index contributed by atoms with van der Waals surface area (Å²) in [5, 5.41) is 0. The first-order chi connectivity index (χ1) is 14.7. The second-order valence-electron chi connectivity index (χ2n) is 11.0. The summed E-state index contributed by atoms with van der Waals surface area (Å²) in [6.45, 7) is 15.0. The quantitative estimate of drug-likeness (QED) is 0.339. The standard InChI is InChI=1S/C25H40N2O5/c1-23(2,3)32-31-22(29)18-26(8)17-21(28)30-20-14-24(4,5)27(25(6,7)15-20)16-19-12-10-9-11-13-19/h9-13,20H,14-18H2,1-8H3. The maximum Gasteiger partial charge on any atom is 0.356 e. The van der Waals surface area contributed by atoms with Gasteiger partial charge in [-0.1, -0.05) is 30.3 Å². The molecule has 1 saturated heterocycles. The minimum Gasteiger partial charge on any atom is -0.461 e. The molecule has 1 fully saturated rings. The molecule has 7 nitrogen and oxygen atoms in total. The van der Waals surface area contributed by atoms with Crippen molar-refractivity contribution in [2.45, 2.75) is 90.6 Å². The Morgan fingerprint density at radius 1 is 1.00 bits per heavy atom. The van der Waals surface area contributed by atoms with Crippen LogP contribution in [0.3, 0.4) is 0 Å². The number of esters is 1. The smallest absolute Gasteiger partial charge is 0.356 e. The molecule has 180 valence electrons. The Balaban J connectivity index is 1.89. The Bertz CT molecular complexity index is 752. The zero-order valence-electron chi connectivity index (χ0n) is 20.9. The van der Waals surface area contributed by atoms with Crippen LogP contribution in [0.25, 0.3) is 0 Å². The van der Waals surface area contributed by atoms with E-state index >= 15 is 0 Å². The van der Waals surface area contributed by atoms with E-state index < -0.39 is 11.6 Å². The van der Waals surface area contributed by atoms with Crippen molar-refractivity contribution < 1.29 is 24.1 Å². The SMILES string of the molecule is CN(CC(=O)OOC(C)(C)C)CC(=O)OC1CC(C)(C)N(Cc2ccccc2)C(C)(C)C1. The number of ether oxygens (including phenoxy) is 1. The number of nitrogens with zero attached hydrogens (tertiary/aromatic N) is 2. The predicted octanol–water partition coefficient (Wildman–Crippen LogP) is 3.96. The third-order valence-electron chi connectivity index (χ3n) is 5.58. The molecule has 0 atom stereocenters. The minimum atomic E-state index is -0.581. The van der Waals surface area contributed by atoms with Crippen LogP contribution in [0.2, 0.25) is 0 Å². The number of benzene rings is 1. The molecule has 7 heteroatoms. The number of carbonyl (C=O) groups excluding carboxylic acids is 2. The lowest BCUT2D eigenvalue weighted by atomic mass is 9.77. The molecule has 0 amide bonds. The molecule has 0 aliphatic carbocycles. The summed E-state index contributed by atoms with van der Waals surface area (Å²) in [5.41, 5.74) is 0.417. The molecule has 0 unspecified atom stereocenters. The molecule has 32 heavy (non-hydrogen) atoms. The van der Waals surface area contributed by atoms with Crippen LogP contribution in [0.5, 0.6) is 0 Å². The Labute approximate surface area is 192 Å². The molecule has 1 aliphatic heterocycles. The molecule has 0 spiro atoms. The molecule has 1 aliphatic rings. The highest BCUT2D eigenvalue weighted by atomic mass is 17.2. The maximum absolute atomic E-state index is 12.6. The van der Waals surface area contributed by atoms with E-state index in [9.17, 15) is 9.59 Å². The van der Waals surface area contributed by atoms with Crippen LogP contribution in [0, 0.1) is 0 Å². The predicted molar refractivity (Wildman–Crippen MR) is 124 cm³/mol. The fourth-order valence-corrected chi connectivity index (χ4v) is 4.42. The van der Waals surface area contributed by atoms with E-state index in [1.54, 1.807) is 32.7 Å². The van der Waals surface area contributed by atoms with Gasteiger partial charge in [0.1, 0.15) is 18.2 Å². The van der Waals surface area contributed by atoms with Crippen LogP contribution in [0.15, 0.2) is 30.3 Å². The van der Waals surface area contributed by atoms with E-state index in [1.165, 1.54) is 5.56 Å². The third kappa shape index (κ3) is 8.19. The van der Waals surface area contributed by atoms with Crippen molar-refractivity contribution in [2.75, 3.05) is 20.1 Å². The number of hydrogen-bond donors (Lipinski definition) is 0. The van der Waals surface area contributed by atoms with Gasteiger partial charge in [-0.25, -0.2) is 4.79 Å². The molecule has 1 heterocycles. The largest absolute Gasteiger partial charge is 0.461 e. The highest BCUT2D eigenvalue weighted by molar-refractivity contribution is 5.74. The molecule has 0 bridgehead atoms. The van der Waals surface area contributed by atoms with Crippen LogP contribution in [-0.4, -0.2) is 64.7 Å². The fraction of sp³-hybridized carbons (Fsp3) is 0.680. The van der Waals surface area contributed by atoms with E-state index in [0.29, 0.717) is 0 Å². The first-order valence-corrected chi connectivity index (χ1v) is 11.3. The summed E-state index contributed by atoms with van der Waals surface area (Å²) < 4.78 is 5.84. The third-order valence-corrected chi connectivity index (χ3v) is 5.58. The molecule has 0 radical (unpaired) electrons. The van der Waals surface area contributed by atoms with Crippen molar-refractivity contribution >= 4 is 11.9 Å². The second kappa shape index (κ2) is 10.3. The zero-order valence-corrected chi connectivity index (χ0v) is 20.9. The van der Waals surface area contributed by atoms with E-state index in [0.717, 1.165) is 19.4 Å². The fourth-order valence-electron chi connectivity index (χ4n) is 4.42. The number of hydrogen-bond acceptors (Lipinski definition) is 7. The molecule has 1 aromatic carbocycles. The van der Waals surface area contributed by atoms with Gasteiger partial charge >= 0.3 is 11.9 Å². The van der Waals surface area contributed by atoms with Crippen molar-refractivity contribution in [3.63, 3.8) is 0 Å². The summed E-state index contributed by atoms with van der Waals surface area (Å²) in [6, 6.07) is 10.4. The van der Waals surface area contributed by atoms with Crippen molar-refractivity contribution in [1.29, 1.82) is 0 Å². The minimum absolute atomic E-state index is 0.00963. The van der Waals surface area contributed by atoms with Gasteiger partial charge < -0.3 is 4.74 Å². The van der Waals surface area contributed by atoms with Crippen LogP contribution in [-0.2, 0) is 30.6 Å². The van der Waals surface area contributed by atoms with Gasteiger partial charge in [-0.05, 0) is 61.1 Å². The highest BCUT2D eigenvalue weighted by Crippen LogP contribution is 2.40. The zero-order chi connectivity index (χ0) is 24.2. The summed E-state index contributed by atoms with van der Waals surface area (Å²) in [5.74, 6) is -0.892. The lowest BCUT2D eigenvalue weighted by Crippen LogP contribution is -2.61. The highest BCUT2D eigenvalue weighted by Gasteiger charge is 2.46. The molecule has 0 aromatic heterocycles. The first-order valence-electron chi connectivity index (χ1n) is 11.3. The van der Waals surface area contributed by atoms with E-state index in [4.69, 9.17) is 14.5 Å². The van der Waals surface area contributed by atoms with Crippen molar-refractivity contribution in [3.05, 3.63) is 35.9 Å². The summed E-state index contributed by atoms with van der Waals surface area (Å²) in [7, 11) is 1.68. The van der Waals surface area contributed by atoms with E-state index in [2.05, 4.69) is 56.9 Å². The van der Waals surface area contributed by atoms with E-state index in [-0.39, 0.29) is 36.2 Å². The molecular formula is C25H40N2O5. The van der Waals surface area contributed by atoms with Crippen LogP contribution in [0.4, 0.5) is 0 Å². The van der Waals surface area contributed by atoms with Crippen LogP contribution < -0.4 is 0 Å². The second-order valence-corrected chi connectivity index (χ2v) is 11.0. The van der Waals surface area contributed by atoms with Crippen LogP contribution in [0.1, 0.15) is 66.9 Å². The number of likely N-dealkylation sites (N-methyl/N-ethyl adjacent to an activating group) is 1. The van der Waals surface area contributed by atoms with Gasteiger partial charge in [-0.3, -0.25) is 19.5 Å². The van der Waals surface area contributed by atoms with Crippen molar-refractivity contribution in [3.8, 4) is 0 Å². The molecule has 0 N–H and O–H groups in total. The van der Waals surface area contributed by atoms with Gasteiger partial charge in [0.15, 0.2) is 0 Å². The average Bonchev–Trinajstić information content (AvgIpc) is 2.62.